The molecule has 1 heterocycles. The maximum Gasteiger partial charge on any atom is 0.283 e. The third-order valence-corrected chi connectivity index (χ3v) is 6.69. The number of rotatable bonds is 5. The summed E-state index contributed by atoms with van der Waals surface area (Å²) in [6, 6.07) is 20.6. The lowest BCUT2D eigenvalue weighted by molar-refractivity contribution is -0.120. The molecule has 31 heavy (non-hydrogen) atoms. The minimum Gasteiger partial charge on any atom is -0.350 e. The van der Waals surface area contributed by atoms with Crippen molar-refractivity contribution in [1.29, 1.82) is 0 Å². The molecule has 0 spiro atoms. The molecule has 0 aromatic heterocycles. The van der Waals surface area contributed by atoms with Crippen LogP contribution < -0.4 is 10.2 Å². The molecule has 3 aromatic carbocycles. The zero-order chi connectivity index (χ0) is 22.1. The van der Waals surface area contributed by atoms with E-state index in [1.807, 2.05) is 69.3 Å². The number of nitrogens with one attached hydrogen (secondary N) is 1. The minimum atomic E-state index is -0.401. The van der Waals surface area contributed by atoms with E-state index in [9.17, 15) is 9.59 Å². The van der Waals surface area contributed by atoms with Gasteiger partial charge in [-0.15, -0.1) is 0 Å². The highest BCUT2D eigenvalue weighted by Gasteiger charge is 2.40. The molecule has 0 saturated carbocycles. The third kappa shape index (κ3) is 4.24. The van der Waals surface area contributed by atoms with Crippen LogP contribution in [0.3, 0.4) is 0 Å². The molecule has 156 valence electrons. The van der Waals surface area contributed by atoms with Crippen molar-refractivity contribution in [2.75, 3.05) is 10.2 Å². The van der Waals surface area contributed by atoms with E-state index in [1.165, 1.54) is 16.7 Å². The maximum atomic E-state index is 13.4. The van der Waals surface area contributed by atoms with Crippen molar-refractivity contribution in [3.05, 3.63) is 99.0 Å². The molecule has 0 fully saturated rings. The largest absolute Gasteiger partial charge is 0.350 e. The Balaban J connectivity index is 1.76. The van der Waals surface area contributed by atoms with E-state index in [2.05, 4.69) is 5.32 Å². The Bertz CT molecular complexity index is 1220. The number of aryl methyl sites for hydroxylation is 3. The van der Waals surface area contributed by atoms with Crippen LogP contribution in [0, 0.1) is 20.8 Å². The molecule has 4 nitrogen and oxygen atoms in total. The Labute approximate surface area is 190 Å². The molecule has 0 radical (unpaired) electrons. The first kappa shape index (κ1) is 21.2. The lowest BCUT2D eigenvalue weighted by Crippen LogP contribution is -2.32. The minimum absolute atomic E-state index is 0.263. The second-order valence-electron chi connectivity index (χ2n) is 7.42. The molecule has 6 heteroatoms. The van der Waals surface area contributed by atoms with Crippen LogP contribution in [-0.4, -0.2) is 11.8 Å². The van der Waals surface area contributed by atoms with Crippen LogP contribution in [-0.2, 0) is 9.59 Å². The van der Waals surface area contributed by atoms with Gasteiger partial charge in [-0.25, -0.2) is 4.90 Å². The van der Waals surface area contributed by atoms with E-state index in [0.717, 1.165) is 27.3 Å². The van der Waals surface area contributed by atoms with Gasteiger partial charge in [0.1, 0.15) is 10.6 Å². The topological polar surface area (TPSA) is 49.4 Å². The monoisotopic (exact) mass is 448 g/mol. The van der Waals surface area contributed by atoms with Gasteiger partial charge in [0.15, 0.2) is 0 Å². The fourth-order valence-corrected chi connectivity index (χ4v) is 4.36. The van der Waals surface area contributed by atoms with Crippen molar-refractivity contribution >= 4 is 46.6 Å². The zero-order valence-corrected chi connectivity index (χ0v) is 19.0. The van der Waals surface area contributed by atoms with Gasteiger partial charge in [-0.2, -0.15) is 0 Å². The highest BCUT2D eigenvalue weighted by atomic mass is 35.5. The van der Waals surface area contributed by atoms with Crippen molar-refractivity contribution in [1.82, 2.24) is 0 Å². The van der Waals surface area contributed by atoms with Gasteiger partial charge in [-0.1, -0.05) is 53.7 Å². The van der Waals surface area contributed by atoms with Gasteiger partial charge in [0, 0.05) is 15.6 Å². The van der Waals surface area contributed by atoms with E-state index < -0.39 is 5.91 Å². The van der Waals surface area contributed by atoms with Gasteiger partial charge in [0.05, 0.1) is 5.69 Å². The molecular formula is C25H21ClN2O2S. The van der Waals surface area contributed by atoms with E-state index in [0.29, 0.717) is 15.6 Å². The lowest BCUT2D eigenvalue weighted by atomic mass is 10.1. The molecule has 0 atom stereocenters. The van der Waals surface area contributed by atoms with E-state index in [4.69, 9.17) is 11.6 Å². The SMILES string of the molecule is Cc1ccc(NC2=C(Sc3ccccc3)C(=O)N(c3ccc(C)c(Cl)c3)C2=O)cc1C. The van der Waals surface area contributed by atoms with Crippen LogP contribution in [0.2, 0.25) is 5.02 Å². The number of halogens is 1. The summed E-state index contributed by atoms with van der Waals surface area (Å²) in [5, 5.41) is 3.70. The fraction of sp³-hybridized carbons (Fsp3) is 0.120. The number of imide groups is 1. The highest BCUT2D eigenvalue weighted by molar-refractivity contribution is 8.04. The Morgan fingerprint density at radius 1 is 0.806 bits per heavy atom. The summed E-state index contributed by atoms with van der Waals surface area (Å²) in [6.07, 6.45) is 0. The van der Waals surface area contributed by atoms with Crippen LogP contribution >= 0.6 is 23.4 Å². The summed E-state index contributed by atoms with van der Waals surface area (Å²) < 4.78 is 0. The molecule has 0 unspecified atom stereocenters. The number of amides is 2. The predicted molar refractivity (Wildman–Crippen MR) is 128 cm³/mol. The molecule has 2 amide bonds. The highest BCUT2D eigenvalue weighted by Crippen LogP contribution is 2.38. The second-order valence-corrected chi connectivity index (χ2v) is 8.91. The Hall–Kier alpha value is -3.02. The number of nitrogens with zero attached hydrogens (tertiary/aromatic N) is 1. The molecule has 0 aliphatic carbocycles. The maximum absolute atomic E-state index is 13.4. The van der Waals surface area contributed by atoms with Crippen LogP contribution in [0.15, 0.2) is 82.2 Å². The van der Waals surface area contributed by atoms with Crippen LogP contribution in [0.4, 0.5) is 11.4 Å². The standard InChI is InChI=1S/C25H21ClN2O2S/c1-15-9-11-18(13-17(15)3)27-22-23(31-20-7-5-4-6-8-20)25(30)28(24(22)29)19-12-10-16(2)21(26)14-19/h4-14,27H,1-3H3. The molecular weight excluding hydrogens is 428 g/mol. The first-order valence-corrected chi connectivity index (χ1v) is 11.0. The van der Waals surface area contributed by atoms with Gasteiger partial charge < -0.3 is 5.32 Å². The van der Waals surface area contributed by atoms with Gasteiger partial charge in [-0.3, -0.25) is 9.59 Å². The number of carbonyl (C=O) groups is 2. The van der Waals surface area contributed by atoms with E-state index in [1.54, 1.807) is 18.2 Å². The van der Waals surface area contributed by atoms with Crippen LogP contribution in [0.5, 0.6) is 0 Å². The van der Waals surface area contributed by atoms with Crippen molar-refractivity contribution in [3.8, 4) is 0 Å². The average molecular weight is 449 g/mol. The fourth-order valence-electron chi connectivity index (χ4n) is 3.24. The molecule has 3 aromatic rings. The Morgan fingerprint density at radius 2 is 1.52 bits per heavy atom. The molecule has 0 bridgehead atoms. The molecule has 1 N–H and O–H groups in total. The Kier molecular flexibility index (Phi) is 5.90. The first-order chi connectivity index (χ1) is 14.8. The van der Waals surface area contributed by atoms with Gasteiger partial charge in [0.25, 0.3) is 11.8 Å². The van der Waals surface area contributed by atoms with Crippen molar-refractivity contribution < 1.29 is 9.59 Å². The summed E-state index contributed by atoms with van der Waals surface area (Å²) in [6.45, 7) is 5.92. The summed E-state index contributed by atoms with van der Waals surface area (Å²) in [5.41, 5.74) is 4.61. The summed E-state index contributed by atoms with van der Waals surface area (Å²) in [7, 11) is 0. The normalized spacial score (nSPS) is 13.9. The van der Waals surface area contributed by atoms with Crippen molar-refractivity contribution in [2.45, 2.75) is 25.7 Å². The van der Waals surface area contributed by atoms with Crippen molar-refractivity contribution in [2.24, 2.45) is 0 Å². The number of anilines is 2. The average Bonchev–Trinajstić information content (AvgIpc) is 2.97. The van der Waals surface area contributed by atoms with Gasteiger partial charge in [-0.05, 0) is 73.9 Å². The van der Waals surface area contributed by atoms with E-state index in [-0.39, 0.29) is 11.6 Å². The number of hydrogen-bond donors (Lipinski definition) is 1. The third-order valence-electron chi connectivity index (χ3n) is 5.19. The van der Waals surface area contributed by atoms with Crippen LogP contribution in [0.25, 0.3) is 0 Å². The summed E-state index contributed by atoms with van der Waals surface area (Å²) >= 11 is 7.54. The first-order valence-electron chi connectivity index (χ1n) is 9.81. The number of thioether (sulfide) groups is 1. The molecule has 0 saturated heterocycles. The molecule has 4 rings (SSSR count). The van der Waals surface area contributed by atoms with Gasteiger partial charge >= 0.3 is 0 Å². The van der Waals surface area contributed by atoms with Crippen molar-refractivity contribution in [3.63, 3.8) is 0 Å². The predicted octanol–water partition coefficient (Wildman–Crippen LogP) is 6.25. The second kappa shape index (κ2) is 8.61. The van der Waals surface area contributed by atoms with Crippen LogP contribution in [0.1, 0.15) is 16.7 Å². The number of benzene rings is 3. The van der Waals surface area contributed by atoms with Gasteiger partial charge in [0.2, 0.25) is 0 Å². The Morgan fingerprint density at radius 3 is 2.19 bits per heavy atom. The molecule has 1 aliphatic rings. The zero-order valence-electron chi connectivity index (χ0n) is 17.4. The smallest absolute Gasteiger partial charge is 0.283 e. The summed E-state index contributed by atoms with van der Waals surface area (Å²) in [4.78, 5) is 29.2. The van der Waals surface area contributed by atoms with E-state index >= 15 is 0 Å². The molecule has 1 aliphatic heterocycles. The number of carbonyl (C=O) groups excluding carboxylic acids is 2. The quantitative estimate of drug-likeness (QED) is 0.468. The number of hydrogen-bond acceptors (Lipinski definition) is 4. The summed E-state index contributed by atoms with van der Waals surface area (Å²) in [5.74, 6) is -0.772. The lowest BCUT2D eigenvalue weighted by Gasteiger charge is -2.16.